The zero-order valence-corrected chi connectivity index (χ0v) is 13.3. The summed E-state index contributed by atoms with van der Waals surface area (Å²) in [5.74, 6) is 1.44. The molecule has 21 heavy (non-hydrogen) atoms. The van der Waals surface area contributed by atoms with Crippen LogP contribution >= 0.6 is 0 Å². The van der Waals surface area contributed by atoms with E-state index in [2.05, 4.69) is 31.1 Å². The lowest BCUT2D eigenvalue weighted by Gasteiger charge is -2.34. The Morgan fingerprint density at radius 3 is 3.00 bits per heavy atom. The average Bonchev–Trinajstić information content (AvgIpc) is 2.94. The van der Waals surface area contributed by atoms with Crippen LogP contribution in [-0.2, 0) is 0 Å². The molecule has 0 radical (unpaired) electrons. The summed E-state index contributed by atoms with van der Waals surface area (Å²) in [6, 6.07) is -0.00380. The lowest BCUT2D eigenvalue weighted by Crippen LogP contribution is -2.43. The van der Waals surface area contributed by atoms with Gasteiger partial charge in [0.25, 0.3) is 5.91 Å². The molecule has 4 unspecified atom stereocenters. The Hall–Kier alpha value is -1.36. The molecule has 0 saturated heterocycles. The van der Waals surface area contributed by atoms with Crippen LogP contribution in [0.15, 0.2) is 10.7 Å². The van der Waals surface area contributed by atoms with Gasteiger partial charge in [-0.2, -0.15) is 0 Å². The van der Waals surface area contributed by atoms with Gasteiger partial charge in [-0.15, -0.1) is 0 Å². The van der Waals surface area contributed by atoms with Crippen LogP contribution in [0.3, 0.4) is 0 Å². The molecule has 1 aromatic heterocycles. The van der Waals surface area contributed by atoms with Crippen LogP contribution in [0.4, 0.5) is 0 Å². The number of carbonyl (C=O) groups is 1. The van der Waals surface area contributed by atoms with Crippen molar-refractivity contribution in [3.8, 4) is 0 Å². The molecule has 4 atom stereocenters. The highest BCUT2D eigenvalue weighted by Gasteiger charge is 2.29. The fourth-order valence-electron chi connectivity index (χ4n) is 3.02. The quantitative estimate of drug-likeness (QED) is 0.874. The maximum Gasteiger partial charge on any atom is 0.273 e. The molecule has 3 N–H and O–H groups in total. The summed E-state index contributed by atoms with van der Waals surface area (Å²) in [5.41, 5.74) is 6.29. The maximum atomic E-state index is 12.3. The predicted molar refractivity (Wildman–Crippen MR) is 81.8 cm³/mol. The van der Waals surface area contributed by atoms with Gasteiger partial charge in [0.1, 0.15) is 6.26 Å². The lowest BCUT2D eigenvalue weighted by molar-refractivity contribution is 0.0886. The number of rotatable bonds is 5. The van der Waals surface area contributed by atoms with E-state index in [1.807, 2.05) is 0 Å². The van der Waals surface area contributed by atoms with Crippen molar-refractivity contribution in [1.29, 1.82) is 0 Å². The van der Waals surface area contributed by atoms with Crippen molar-refractivity contribution in [3.05, 3.63) is 17.8 Å². The van der Waals surface area contributed by atoms with E-state index in [-0.39, 0.29) is 18.0 Å². The summed E-state index contributed by atoms with van der Waals surface area (Å²) in [6.07, 6.45) is 6.63. The minimum Gasteiger partial charge on any atom is -0.446 e. The number of hydrogen-bond acceptors (Lipinski definition) is 4. The molecular formula is C16H27N3O2. The van der Waals surface area contributed by atoms with Crippen LogP contribution in [0.2, 0.25) is 0 Å². The summed E-state index contributed by atoms with van der Waals surface area (Å²) < 4.78 is 5.34. The Bertz CT molecular complexity index is 472. The van der Waals surface area contributed by atoms with Gasteiger partial charge < -0.3 is 15.5 Å². The number of carbonyl (C=O) groups excluding carboxylic acids is 1. The topological polar surface area (TPSA) is 81.1 Å². The second-order valence-corrected chi connectivity index (χ2v) is 6.31. The first-order valence-electron chi connectivity index (χ1n) is 8.04. The number of amides is 1. The molecule has 1 aliphatic rings. The summed E-state index contributed by atoms with van der Waals surface area (Å²) in [5, 5.41) is 3.10. The first-order chi connectivity index (χ1) is 10.0. The Morgan fingerprint density at radius 1 is 1.52 bits per heavy atom. The van der Waals surface area contributed by atoms with E-state index >= 15 is 0 Å². The van der Waals surface area contributed by atoms with E-state index in [9.17, 15) is 4.79 Å². The first-order valence-corrected chi connectivity index (χ1v) is 8.04. The molecule has 0 aliphatic heterocycles. The van der Waals surface area contributed by atoms with Gasteiger partial charge in [-0.25, -0.2) is 4.98 Å². The van der Waals surface area contributed by atoms with Crippen molar-refractivity contribution in [2.45, 2.75) is 65.0 Å². The van der Waals surface area contributed by atoms with Crippen LogP contribution in [0.5, 0.6) is 0 Å². The van der Waals surface area contributed by atoms with Crippen molar-refractivity contribution >= 4 is 5.91 Å². The van der Waals surface area contributed by atoms with Gasteiger partial charge in [-0.3, -0.25) is 4.79 Å². The molecule has 5 heteroatoms. The van der Waals surface area contributed by atoms with Crippen LogP contribution in [0.1, 0.15) is 75.3 Å². The molecule has 1 aromatic rings. The third-order valence-corrected chi connectivity index (χ3v) is 4.69. The van der Waals surface area contributed by atoms with Crippen LogP contribution < -0.4 is 11.1 Å². The molecular weight excluding hydrogens is 266 g/mol. The SMILES string of the molecule is CCCC(N)c1nc(C(=O)NC2CCCC(C)C2C)co1. The predicted octanol–water partition coefficient (Wildman–Crippen LogP) is 3.03. The zero-order chi connectivity index (χ0) is 15.4. The molecule has 1 fully saturated rings. The minimum atomic E-state index is -0.231. The van der Waals surface area contributed by atoms with Crippen LogP contribution in [0, 0.1) is 11.8 Å². The van der Waals surface area contributed by atoms with Crippen molar-refractivity contribution in [2.75, 3.05) is 0 Å². The Morgan fingerprint density at radius 2 is 2.29 bits per heavy atom. The first kappa shape index (κ1) is 16.0. The third-order valence-electron chi connectivity index (χ3n) is 4.69. The monoisotopic (exact) mass is 293 g/mol. The molecule has 5 nitrogen and oxygen atoms in total. The van der Waals surface area contributed by atoms with E-state index in [1.54, 1.807) is 0 Å². The molecule has 1 amide bonds. The second-order valence-electron chi connectivity index (χ2n) is 6.31. The smallest absolute Gasteiger partial charge is 0.273 e. The Kier molecular flexibility index (Phi) is 5.39. The Balaban J connectivity index is 1.97. The molecule has 1 aliphatic carbocycles. The molecule has 0 spiro atoms. The maximum absolute atomic E-state index is 12.3. The van der Waals surface area contributed by atoms with E-state index in [0.29, 0.717) is 23.4 Å². The highest BCUT2D eigenvalue weighted by atomic mass is 16.3. The van der Waals surface area contributed by atoms with Gasteiger partial charge in [-0.1, -0.05) is 40.0 Å². The normalized spacial score (nSPS) is 27.3. The van der Waals surface area contributed by atoms with E-state index < -0.39 is 0 Å². The summed E-state index contributed by atoms with van der Waals surface area (Å²) in [6.45, 7) is 6.52. The van der Waals surface area contributed by atoms with Crippen molar-refractivity contribution < 1.29 is 9.21 Å². The number of oxazole rings is 1. The summed E-state index contributed by atoms with van der Waals surface area (Å²) in [4.78, 5) is 16.5. The van der Waals surface area contributed by atoms with Gasteiger partial charge in [0.15, 0.2) is 5.69 Å². The third kappa shape index (κ3) is 3.84. The largest absolute Gasteiger partial charge is 0.446 e. The van der Waals surface area contributed by atoms with E-state index in [4.69, 9.17) is 10.2 Å². The summed E-state index contributed by atoms with van der Waals surface area (Å²) in [7, 11) is 0. The van der Waals surface area contributed by atoms with Gasteiger partial charge in [0.2, 0.25) is 5.89 Å². The van der Waals surface area contributed by atoms with Crippen molar-refractivity contribution in [3.63, 3.8) is 0 Å². The molecule has 1 saturated carbocycles. The highest BCUT2D eigenvalue weighted by molar-refractivity contribution is 5.92. The minimum absolute atomic E-state index is 0.153. The van der Waals surface area contributed by atoms with Gasteiger partial charge >= 0.3 is 0 Å². The van der Waals surface area contributed by atoms with Gasteiger partial charge in [0, 0.05) is 6.04 Å². The van der Waals surface area contributed by atoms with Gasteiger partial charge in [0.05, 0.1) is 6.04 Å². The summed E-state index contributed by atoms with van der Waals surface area (Å²) >= 11 is 0. The highest BCUT2D eigenvalue weighted by Crippen LogP contribution is 2.29. The van der Waals surface area contributed by atoms with Crippen LogP contribution in [0.25, 0.3) is 0 Å². The number of nitrogens with two attached hydrogens (primary N) is 1. The zero-order valence-electron chi connectivity index (χ0n) is 13.3. The molecule has 1 heterocycles. The standard InChI is InChI=1S/C16H27N3O2/c1-4-6-12(17)16-19-14(9-21-16)15(20)18-13-8-5-7-10(2)11(13)3/h9-13H,4-8,17H2,1-3H3,(H,18,20). The van der Waals surface area contributed by atoms with Crippen molar-refractivity contribution in [2.24, 2.45) is 17.6 Å². The fourth-order valence-corrected chi connectivity index (χ4v) is 3.02. The van der Waals surface area contributed by atoms with E-state index in [1.165, 1.54) is 19.1 Å². The number of aromatic nitrogens is 1. The lowest BCUT2D eigenvalue weighted by atomic mass is 9.78. The fraction of sp³-hybridized carbons (Fsp3) is 0.750. The van der Waals surface area contributed by atoms with E-state index in [0.717, 1.165) is 19.3 Å². The van der Waals surface area contributed by atoms with Crippen LogP contribution in [-0.4, -0.2) is 16.9 Å². The second kappa shape index (κ2) is 7.07. The number of nitrogens with zero attached hydrogens (tertiary/aromatic N) is 1. The molecule has 118 valence electrons. The van der Waals surface area contributed by atoms with Crippen molar-refractivity contribution in [1.82, 2.24) is 10.3 Å². The molecule has 2 rings (SSSR count). The average molecular weight is 293 g/mol. The molecule has 0 aromatic carbocycles. The number of hydrogen-bond donors (Lipinski definition) is 2. The molecule has 0 bridgehead atoms. The Labute approximate surface area is 126 Å². The number of nitrogens with one attached hydrogen (secondary N) is 1. The van der Waals surface area contributed by atoms with Gasteiger partial charge in [-0.05, 0) is 24.7 Å².